The molecule has 2 rings (SSSR count). The van der Waals surface area contributed by atoms with E-state index >= 15 is 0 Å². The van der Waals surface area contributed by atoms with Gasteiger partial charge in [0.25, 0.3) is 0 Å². The smallest absolute Gasteiger partial charge is 0.126 e. The van der Waals surface area contributed by atoms with Gasteiger partial charge in [-0.3, -0.25) is 11.3 Å². The number of halogens is 3. The van der Waals surface area contributed by atoms with Crippen molar-refractivity contribution in [1.82, 2.24) is 5.43 Å². The molecule has 0 spiro atoms. The number of rotatable bonds is 4. The van der Waals surface area contributed by atoms with Gasteiger partial charge < -0.3 is 0 Å². The van der Waals surface area contributed by atoms with Crippen molar-refractivity contribution in [3.63, 3.8) is 0 Å². The molecule has 0 aliphatic rings. The van der Waals surface area contributed by atoms with Crippen LogP contribution in [0, 0.1) is 18.6 Å². The van der Waals surface area contributed by atoms with Crippen LogP contribution in [0.25, 0.3) is 0 Å². The Kier molecular flexibility index (Phi) is 4.86. The summed E-state index contributed by atoms with van der Waals surface area (Å²) in [6, 6.07) is 8.89. The van der Waals surface area contributed by atoms with Crippen molar-refractivity contribution >= 4 is 15.9 Å². The molecule has 5 heteroatoms. The lowest BCUT2D eigenvalue weighted by Crippen LogP contribution is -2.30. The maximum absolute atomic E-state index is 13.7. The van der Waals surface area contributed by atoms with E-state index in [0.717, 1.165) is 27.7 Å². The molecule has 2 aromatic carbocycles. The SMILES string of the molecule is Cc1cccc(C(Cc2cc(F)ccc2F)NN)c1Br. The number of hydrogen-bond donors (Lipinski definition) is 2. The third-order valence-corrected chi connectivity index (χ3v) is 4.31. The highest BCUT2D eigenvalue weighted by Gasteiger charge is 2.17. The minimum atomic E-state index is -0.458. The molecule has 106 valence electrons. The van der Waals surface area contributed by atoms with Crippen LogP contribution >= 0.6 is 15.9 Å². The van der Waals surface area contributed by atoms with Crippen LogP contribution in [0.3, 0.4) is 0 Å². The number of aryl methyl sites for hydroxylation is 1. The van der Waals surface area contributed by atoms with Gasteiger partial charge >= 0.3 is 0 Å². The normalized spacial score (nSPS) is 12.4. The predicted octanol–water partition coefficient (Wildman–Crippen LogP) is 3.78. The summed E-state index contributed by atoms with van der Waals surface area (Å²) < 4.78 is 27.9. The molecule has 0 saturated carbocycles. The quantitative estimate of drug-likeness (QED) is 0.656. The highest BCUT2D eigenvalue weighted by Crippen LogP contribution is 2.29. The Labute approximate surface area is 125 Å². The van der Waals surface area contributed by atoms with Gasteiger partial charge in [-0.2, -0.15) is 0 Å². The van der Waals surface area contributed by atoms with Crippen LogP contribution in [0.4, 0.5) is 8.78 Å². The Morgan fingerprint density at radius 2 is 2.00 bits per heavy atom. The zero-order chi connectivity index (χ0) is 14.7. The molecule has 0 fully saturated rings. The first-order chi connectivity index (χ1) is 9.52. The lowest BCUT2D eigenvalue weighted by molar-refractivity contribution is 0.521. The van der Waals surface area contributed by atoms with Crippen molar-refractivity contribution in [3.05, 3.63) is 69.2 Å². The summed E-state index contributed by atoms with van der Waals surface area (Å²) in [5, 5.41) is 0. The number of hydrazine groups is 1. The second-order valence-corrected chi connectivity index (χ2v) is 5.43. The Bertz CT molecular complexity index is 617. The van der Waals surface area contributed by atoms with E-state index < -0.39 is 11.6 Å². The van der Waals surface area contributed by atoms with Crippen LogP contribution in [0.2, 0.25) is 0 Å². The van der Waals surface area contributed by atoms with Crippen LogP contribution in [-0.2, 0) is 6.42 Å². The predicted molar refractivity (Wildman–Crippen MR) is 79.0 cm³/mol. The molecule has 3 N–H and O–H groups in total. The number of hydrogen-bond acceptors (Lipinski definition) is 2. The Hall–Kier alpha value is -1.30. The average Bonchev–Trinajstić information content (AvgIpc) is 2.43. The van der Waals surface area contributed by atoms with Gasteiger partial charge in [0.1, 0.15) is 11.6 Å². The number of benzene rings is 2. The van der Waals surface area contributed by atoms with E-state index in [4.69, 9.17) is 5.84 Å². The Morgan fingerprint density at radius 1 is 1.25 bits per heavy atom. The largest absolute Gasteiger partial charge is 0.271 e. The van der Waals surface area contributed by atoms with Gasteiger partial charge in [-0.15, -0.1) is 0 Å². The summed E-state index contributed by atoms with van der Waals surface area (Å²) in [5.74, 6) is 4.68. The van der Waals surface area contributed by atoms with E-state index in [1.54, 1.807) is 0 Å². The van der Waals surface area contributed by atoms with Crippen molar-refractivity contribution in [2.45, 2.75) is 19.4 Å². The first-order valence-corrected chi connectivity index (χ1v) is 6.97. The van der Waals surface area contributed by atoms with Crippen molar-refractivity contribution in [2.24, 2.45) is 5.84 Å². The minimum Gasteiger partial charge on any atom is -0.271 e. The van der Waals surface area contributed by atoms with Gasteiger partial charge in [-0.25, -0.2) is 8.78 Å². The molecule has 2 aromatic rings. The van der Waals surface area contributed by atoms with Gasteiger partial charge in [0, 0.05) is 4.47 Å². The zero-order valence-corrected chi connectivity index (χ0v) is 12.5. The van der Waals surface area contributed by atoms with Crippen molar-refractivity contribution in [2.75, 3.05) is 0 Å². The van der Waals surface area contributed by atoms with Crippen molar-refractivity contribution < 1.29 is 8.78 Å². The maximum atomic E-state index is 13.7. The molecule has 0 radical (unpaired) electrons. The van der Waals surface area contributed by atoms with Crippen LogP contribution < -0.4 is 11.3 Å². The molecule has 0 bridgehead atoms. The van der Waals surface area contributed by atoms with Gasteiger partial charge in [-0.1, -0.05) is 34.1 Å². The van der Waals surface area contributed by atoms with Gasteiger partial charge in [0.2, 0.25) is 0 Å². The van der Waals surface area contributed by atoms with Crippen LogP contribution in [0.15, 0.2) is 40.9 Å². The first kappa shape index (κ1) is 15.1. The molecule has 1 atom stereocenters. The molecule has 1 unspecified atom stereocenters. The van der Waals surface area contributed by atoms with E-state index in [1.165, 1.54) is 6.07 Å². The van der Waals surface area contributed by atoms with Gasteiger partial charge in [-0.05, 0) is 48.2 Å². The van der Waals surface area contributed by atoms with E-state index in [2.05, 4.69) is 21.4 Å². The standard InChI is InChI=1S/C15H15BrF2N2/c1-9-3-2-4-12(15(9)16)14(20-19)8-10-7-11(17)5-6-13(10)18/h2-7,14,20H,8,19H2,1H3. The lowest BCUT2D eigenvalue weighted by atomic mass is 9.97. The molecule has 2 nitrogen and oxygen atoms in total. The van der Waals surface area contributed by atoms with Gasteiger partial charge in [0.05, 0.1) is 6.04 Å². The monoisotopic (exact) mass is 340 g/mol. The summed E-state index contributed by atoms with van der Waals surface area (Å²) in [4.78, 5) is 0. The summed E-state index contributed by atoms with van der Waals surface area (Å²) in [6.07, 6.45) is 0.266. The molecule has 20 heavy (non-hydrogen) atoms. The third-order valence-electron chi connectivity index (χ3n) is 3.23. The highest BCUT2D eigenvalue weighted by molar-refractivity contribution is 9.10. The number of nitrogens with one attached hydrogen (secondary N) is 1. The zero-order valence-electron chi connectivity index (χ0n) is 11.0. The first-order valence-electron chi connectivity index (χ1n) is 6.18. The highest BCUT2D eigenvalue weighted by atomic mass is 79.9. The van der Waals surface area contributed by atoms with Gasteiger partial charge in [0.15, 0.2) is 0 Å². The van der Waals surface area contributed by atoms with E-state index in [1.807, 2.05) is 25.1 Å². The second-order valence-electron chi connectivity index (χ2n) is 4.64. The second kappa shape index (κ2) is 6.43. The Morgan fingerprint density at radius 3 is 2.70 bits per heavy atom. The van der Waals surface area contributed by atoms with E-state index in [9.17, 15) is 8.78 Å². The molecule has 0 aliphatic heterocycles. The molecular weight excluding hydrogens is 326 g/mol. The summed E-state index contributed by atoms with van der Waals surface area (Å²) in [7, 11) is 0. The summed E-state index contributed by atoms with van der Waals surface area (Å²) >= 11 is 3.50. The third kappa shape index (κ3) is 3.23. The molecule has 0 aromatic heterocycles. The van der Waals surface area contributed by atoms with E-state index in [-0.39, 0.29) is 12.5 Å². The summed E-state index contributed by atoms with van der Waals surface area (Å²) in [6.45, 7) is 1.96. The van der Waals surface area contributed by atoms with Crippen LogP contribution in [0.1, 0.15) is 22.7 Å². The summed E-state index contributed by atoms with van der Waals surface area (Å²) in [5.41, 5.74) is 4.93. The van der Waals surface area contributed by atoms with E-state index in [0.29, 0.717) is 5.56 Å². The molecule has 0 heterocycles. The average molecular weight is 341 g/mol. The number of nitrogens with two attached hydrogens (primary N) is 1. The fourth-order valence-corrected chi connectivity index (χ4v) is 2.66. The fraction of sp³-hybridized carbons (Fsp3) is 0.200. The van der Waals surface area contributed by atoms with Crippen molar-refractivity contribution in [3.8, 4) is 0 Å². The Balaban J connectivity index is 2.34. The molecular formula is C15H15BrF2N2. The topological polar surface area (TPSA) is 38.0 Å². The van der Waals surface area contributed by atoms with Crippen LogP contribution in [-0.4, -0.2) is 0 Å². The minimum absolute atomic E-state index is 0.266. The maximum Gasteiger partial charge on any atom is 0.126 e. The molecule has 0 amide bonds. The van der Waals surface area contributed by atoms with Crippen LogP contribution in [0.5, 0.6) is 0 Å². The lowest BCUT2D eigenvalue weighted by Gasteiger charge is -2.19. The van der Waals surface area contributed by atoms with Crippen molar-refractivity contribution in [1.29, 1.82) is 0 Å². The molecule has 0 saturated heterocycles. The molecule has 0 aliphatic carbocycles. The fourth-order valence-electron chi connectivity index (χ4n) is 2.12.